The van der Waals surface area contributed by atoms with Gasteiger partial charge in [0.25, 0.3) is 0 Å². The molecular weight excluding hydrogens is 222 g/mol. The van der Waals surface area contributed by atoms with Gasteiger partial charge in [-0.15, -0.1) is 0 Å². The molecule has 3 nitrogen and oxygen atoms in total. The molecular formula is C12H14ClN3. The molecule has 2 aromatic rings. The van der Waals surface area contributed by atoms with Crippen molar-refractivity contribution in [1.29, 1.82) is 0 Å². The van der Waals surface area contributed by atoms with Crippen molar-refractivity contribution in [3.8, 4) is 11.3 Å². The number of halogens is 1. The van der Waals surface area contributed by atoms with E-state index in [1.807, 2.05) is 36.8 Å². The van der Waals surface area contributed by atoms with Crippen LogP contribution in [0.1, 0.15) is 6.42 Å². The predicted molar refractivity (Wildman–Crippen MR) is 66.3 cm³/mol. The quantitative estimate of drug-likeness (QED) is 0.885. The molecule has 0 aliphatic carbocycles. The summed E-state index contributed by atoms with van der Waals surface area (Å²) in [6.45, 7) is 1.57. The number of aryl methyl sites for hydroxylation is 1. The highest BCUT2D eigenvalue weighted by atomic mass is 35.5. The molecule has 0 fully saturated rings. The highest BCUT2D eigenvalue weighted by molar-refractivity contribution is 6.30. The number of nitrogens with two attached hydrogens (primary N) is 1. The summed E-state index contributed by atoms with van der Waals surface area (Å²) in [5.41, 5.74) is 7.67. The first-order chi connectivity index (χ1) is 7.81. The SMILES string of the molecule is NCCCn1cncc1-c1cccc(Cl)c1. The first-order valence-corrected chi connectivity index (χ1v) is 5.65. The van der Waals surface area contributed by atoms with E-state index >= 15 is 0 Å². The number of rotatable bonds is 4. The van der Waals surface area contributed by atoms with Crippen LogP contribution in [0.5, 0.6) is 0 Å². The lowest BCUT2D eigenvalue weighted by Crippen LogP contribution is -2.05. The Morgan fingerprint density at radius 3 is 3.00 bits per heavy atom. The second kappa shape index (κ2) is 5.14. The van der Waals surface area contributed by atoms with Gasteiger partial charge in [-0.2, -0.15) is 0 Å². The van der Waals surface area contributed by atoms with Crippen molar-refractivity contribution >= 4 is 11.6 Å². The van der Waals surface area contributed by atoms with Crippen LogP contribution in [-0.2, 0) is 6.54 Å². The molecule has 0 atom stereocenters. The maximum absolute atomic E-state index is 5.97. The Morgan fingerprint density at radius 2 is 2.25 bits per heavy atom. The normalized spacial score (nSPS) is 10.6. The van der Waals surface area contributed by atoms with Crippen molar-refractivity contribution in [3.05, 3.63) is 41.8 Å². The molecule has 84 valence electrons. The largest absolute Gasteiger partial charge is 0.331 e. The first kappa shape index (κ1) is 11.2. The van der Waals surface area contributed by atoms with Gasteiger partial charge in [-0.05, 0) is 25.1 Å². The van der Waals surface area contributed by atoms with Crippen LogP contribution in [0.2, 0.25) is 5.02 Å². The molecule has 0 saturated carbocycles. The summed E-state index contributed by atoms with van der Waals surface area (Å²) in [5, 5.41) is 0.740. The van der Waals surface area contributed by atoms with Crippen molar-refractivity contribution in [2.24, 2.45) is 5.73 Å². The van der Waals surface area contributed by atoms with Gasteiger partial charge in [0.2, 0.25) is 0 Å². The zero-order chi connectivity index (χ0) is 11.4. The zero-order valence-electron chi connectivity index (χ0n) is 8.94. The van der Waals surface area contributed by atoms with Gasteiger partial charge < -0.3 is 10.3 Å². The van der Waals surface area contributed by atoms with Crippen LogP contribution >= 0.6 is 11.6 Å². The third-order valence-corrected chi connectivity index (χ3v) is 2.67. The van der Waals surface area contributed by atoms with Crippen molar-refractivity contribution < 1.29 is 0 Å². The third kappa shape index (κ3) is 2.43. The van der Waals surface area contributed by atoms with Crippen molar-refractivity contribution in [2.45, 2.75) is 13.0 Å². The van der Waals surface area contributed by atoms with Gasteiger partial charge >= 0.3 is 0 Å². The zero-order valence-corrected chi connectivity index (χ0v) is 9.69. The van der Waals surface area contributed by atoms with E-state index in [4.69, 9.17) is 17.3 Å². The van der Waals surface area contributed by atoms with E-state index < -0.39 is 0 Å². The average molecular weight is 236 g/mol. The van der Waals surface area contributed by atoms with Crippen molar-refractivity contribution in [3.63, 3.8) is 0 Å². The lowest BCUT2D eigenvalue weighted by atomic mass is 10.1. The summed E-state index contributed by atoms with van der Waals surface area (Å²) < 4.78 is 2.10. The Hall–Kier alpha value is -1.32. The number of hydrogen-bond donors (Lipinski definition) is 1. The van der Waals surface area contributed by atoms with Crippen LogP contribution in [0.3, 0.4) is 0 Å². The smallest absolute Gasteiger partial charge is 0.0950 e. The monoisotopic (exact) mass is 235 g/mol. The predicted octanol–water partition coefficient (Wildman–Crippen LogP) is 2.55. The maximum Gasteiger partial charge on any atom is 0.0950 e. The van der Waals surface area contributed by atoms with Crippen LogP contribution in [0, 0.1) is 0 Å². The van der Waals surface area contributed by atoms with E-state index in [2.05, 4.69) is 9.55 Å². The van der Waals surface area contributed by atoms with Gasteiger partial charge in [0.15, 0.2) is 0 Å². The molecule has 1 aromatic heterocycles. The van der Waals surface area contributed by atoms with Gasteiger partial charge in [0.1, 0.15) is 0 Å². The average Bonchev–Trinajstić information content (AvgIpc) is 2.74. The summed E-state index contributed by atoms with van der Waals surface area (Å²) in [7, 11) is 0. The number of benzene rings is 1. The summed E-state index contributed by atoms with van der Waals surface area (Å²) in [6.07, 6.45) is 4.62. The maximum atomic E-state index is 5.97. The topological polar surface area (TPSA) is 43.8 Å². The minimum absolute atomic E-state index is 0.688. The van der Waals surface area contributed by atoms with E-state index in [1.165, 1.54) is 0 Å². The van der Waals surface area contributed by atoms with Crippen LogP contribution in [0.15, 0.2) is 36.8 Å². The van der Waals surface area contributed by atoms with E-state index in [0.29, 0.717) is 6.54 Å². The van der Waals surface area contributed by atoms with Crippen molar-refractivity contribution in [1.82, 2.24) is 9.55 Å². The molecule has 0 aliphatic heterocycles. The van der Waals surface area contributed by atoms with Gasteiger partial charge in [-0.3, -0.25) is 0 Å². The van der Waals surface area contributed by atoms with Gasteiger partial charge in [-0.1, -0.05) is 23.7 Å². The molecule has 1 heterocycles. The molecule has 0 saturated heterocycles. The highest BCUT2D eigenvalue weighted by Crippen LogP contribution is 2.22. The Kier molecular flexibility index (Phi) is 3.59. The third-order valence-electron chi connectivity index (χ3n) is 2.44. The Bertz CT molecular complexity index is 465. The molecule has 16 heavy (non-hydrogen) atoms. The molecule has 0 radical (unpaired) electrons. The van der Waals surface area contributed by atoms with E-state index in [9.17, 15) is 0 Å². The summed E-state index contributed by atoms with van der Waals surface area (Å²) in [4.78, 5) is 4.16. The fraction of sp³-hybridized carbons (Fsp3) is 0.250. The fourth-order valence-electron chi connectivity index (χ4n) is 1.65. The Morgan fingerprint density at radius 1 is 1.38 bits per heavy atom. The standard InChI is InChI=1S/C12H14ClN3/c13-11-4-1-3-10(7-11)12-8-15-9-16(12)6-2-5-14/h1,3-4,7-9H,2,5-6,14H2. The second-order valence-electron chi connectivity index (χ2n) is 3.62. The van der Waals surface area contributed by atoms with E-state index in [1.54, 1.807) is 0 Å². The minimum Gasteiger partial charge on any atom is -0.331 e. The lowest BCUT2D eigenvalue weighted by Gasteiger charge is -2.07. The highest BCUT2D eigenvalue weighted by Gasteiger charge is 2.04. The van der Waals surface area contributed by atoms with Gasteiger partial charge in [-0.25, -0.2) is 4.98 Å². The second-order valence-corrected chi connectivity index (χ2v) is 4.06. The number of aromatic nitrogens is 2. The minimum atomic E-state index is 0.688. The number of imidazole rings is 1. The lowest BCUT2D eigenvalue weighted by molar-refractivity contribution is 0.655. The summed E-state index contributed by atoms with van der Waals surface area (Å²) in [6, 6.07) is 7.78. The molecule has 0 aliphatic rings. The Balaban J connectivity index is 2.29. The Labute approximate surface area is 99.9 Å². The van der Waals surface area contributed by atoms with Crippen LogP contribution in [-0.4, -0.2) is 16.1 Å². The van der Waals surface area contributed by atoms with E-state index in [0.717, 1.165) is 29.2 Å². The molecule has 2 N–H and O–H groups in total. The van der Waals surface area contributed by atoms with Crippen molar-refractivity contribution in [2.75, 3.05) is 6.54 Å². The molecule has 0 unspecified atom stereocenters. The molecule has 0 spiro atoms. The fourth-order valence-corrected chi connectivity index (χ4v) is 1.84. The number of nitrogens with zero attached hydrogens (tertiary/aromatic N) is 2. The molecule has 0 bridgehead atoms. The molecule has 4 heteroatoms. The summed E-state index contributed by atoms with van der Waals surface area (Å²) in [5.74, 6) is 0. The molecule has 0 amide bonds. The van der Waals surface area contributed by atoms with Crippen LogP contribution < -0.4 is 5.73 Å². The van der Waals surface area contributed by atoms with Gasteiger partial charge in [0.05, 0.1) is 18.2 Å². The van der Waals surface area contributed by atoms with Crippen LogP contribution in [0.25, 0.3) is 11.3 Å². The van der Waals surface area contributed by atoms with Crippen LogP contribution in [0.4, 0.5) is 0 Å². The molecule has 1 aromatic carbocycles. The van der Waals surface area contributed by atoms with E-state index in [-0.39, 0.29) is 0 Å². The van der Waals surface area contributed by atoms with Gasteiger partial charge in [0, 0.05) is 17.1 Å². The number of hydrogen-bond acceptors (Lipinski definition) is 2. The summed E-state index contributed by atoms with van der Waals surface area (Å²) >= 11 is 5.97. The first-order valence-electron chi connectivity index (χ1n) is 5.27. The molecule has 2 rings (SSSR count).